The van der Waals surface area contributed by atoms with Crippen molar-refractivity contribution in [3.8, 4) is 0 Å². The Labute approximate surface area is 226 Å². The molecule has 1 aromatic carbocycles. The van der Waals surface area contributed by atoms with Crippen molar-refractivity contribution in [2.45, 2.75) is 55.2 Å². The highest BCUT2D eigenvalue weighted by atomic mass is 35.5. The van der Waals surface area contributed by atoms with E-state index < -0.39 is 39.4 Å². The molecule has 4 aliphatic heterocycles. The molecule has 2 amide bonds. The number of ether oxygens (including phenoxy) is 1. The number of cyclic esters (lactones) is 1. The van der Waals surface area contributed by atoms with Gasteiger partial charge in [0.15, 0.2) is 0 Å². The molecule has 4 aliphatic rings. The molecule has 0 radical (unpaired) electrons. The molecule has 1 aromatic rings. The molecular formula is C28H33ClN2O5S. The van der Waals surface area contributed by atoms with E-state index in [1.165, 1.54) is 11.8 Å². The number of rotatable bonds is 4. The first-order valence-corrected chi connectivity index (χ1v) is 14.1. The molecule has 4 heterocycles. The van der Waals surface area contributed by atoms with Crippen molar-refractivity contribution >= 4 is 46.8 Å². The van der Waals surface area contributed by atoms with Gasteiger partial charge in [0.05, 0.1) is 46.5 Å². The van der Waals surface area contributed by atoms with Gasteiger partial charge in [-0.3, -0.25) is 14.4 Å². The van der Waals surface area contributed by atoms with Crippen LogP contribution in [0, 0.1) is 17.8 Å². The van der Waals surface area contributed by atoms with Gasteiger partial charge in [-0.25, -0.2) is 0 Å². The largest absolute Gasteiger partial charge is 0.465 e. The number of amides is 2. The quantitative estimate of drug-likeness (QED) is 0.458. The average Bonchev–Trinajstić information content (AvgIpc) is 3.20. The summed E-state index contributed by atoms with van der Waals surface area (Å²) in [5.41, 5.74) is 0.563. The minimum absolute atomic E-state index is 0.109. The Morgan fingerprint density at radius 3 is 2.59 bits per heavy atom. The van der Waals surface area contributed by atoms with Crippen LogP contribution in [0.1, 0.15) is 33.6 Å². The number of carbonyl (C=O) groups is 3. The molecule has 0 saturated carbocycles. The molecule has 6 atom stereocenters. The summed E-state index contributed by atoms with van der Waals surface area (Å²) in [4.78, 5) is 45.6. The third-order valence-electron chi connectivity index (χ3n) is 8.15. The van der Waals surface area contributed by atoms with E-state index in [4.69, 9.17) is 16.3 Å². The van der Waals surface area contributed by atoms with Crippen molar-refractivity contribution in [3.05, 3.63) is 53.6 Å². The summed E-state index contributed by atoms with van der Waals surface area (Å²) >= 11 is 8.01. The Bertz CT molecular complexity index is 1170. The van der Waals surface area contributed by atoms with Crippen LogP contribution < -0.4 is 4.90 Å². The van der Waals surface area contributed by atoms with E-state index in [1.54, 1.807) is 28.0 Å². The van der Waals surface area contributed by atoms with E-state index in [0.717, 1.165) is 12.8 Å². The molecule has 2 saturated heterocycles. The SMILES string of the molecule is CC(C)[C@H](CO)N1C(=O)[C@@H]2[C@@H]3C(=O)OCCC/C=C\[C@]3(C)S[C@@]23C=CCN(c2ccccc2Cl)C(=O)C13. The van der Waals surface area contributed by atoms with E-state index in [1.807, 2.05) is 45.1 Å². The van der Waals surface area contributed by atoms with Gasteiger partial charge in [-0.15, -0.1) is 11.8 Å². The fourth-order valence-electron chi connectivity index (χ4n) is 6.44. The van der Waals surface area contributed by atoms with Crippen LogP contribution in [0.5, 0.6) is 0 Å². The summed E-state index contributed by atoms with van der Waals surface area (Å²) in [6.45, 7) is 6.10. The smallest absolute Gasteiger partial charge is 0.311 e. The van der Waals surface area contributed by atoms with Crippen LogP contribution in [0.3, 0.4) is 0 Å². The lowest BCUT2D eigenvalue weighted by Gasteiger charge is -2.41. The van der Waals surface area contributed by atoms with Crippen molar-refractivity contribution < 1.29 is 24.2 Å². The number of benzene rings is 1. The van der Waals surface area contributed by atoms with Crippen LogP contribution in [0.4, 0.5) is 5.69 Å². The number of esters is 1. The fraction of sp³-hybridized carbons (Fsp3) is 0.536. The minimum Gasteiger partial charge on any atom is -0.465 e. The van der Waals surface area contributed by atoms with Gasteiger partial charge in [0.1, 0.15) is 6.04 Å². The highest BCUT2D eigenvalue weighted by Crippen LogP contribution is 2.65. The lowest BCUT2D eigenvalue weighted by Crippen LogP contribution is -2.58. The van der Waals surface area contributed by atoms with Gasteiger partial charge in [-0.2, -0.15) is 0 Å². The van der Waals surface area contributed by atoms with Crippen LogP contribution >= 0.6 is 23.4 Å². The number of fused-ring (bicyclic) bond motifs is 2. The van der Waals surface area contributed by atoms with Crippen LogP contribution in [-0.4, -0.2) is 69.1 Å². The van der Waals surface area contributed by atoms with E-state index in [2.05, 4.69) is 6.08 Å². The molecule has 198 valence electrons. The summed E-state index contributed by atoms with van der Waals surface area (Å²) < 4.78 is 3.92. The molecule has 5 rings (SSSR count). The normalized spacial score (nSPS) is 35.2. The Kier molecular flexibility index (Phi) is 6.96. The Morgan fingerprint density at radius 1 is 1.14 bits per heavy atom. The average molecular weight is 545 g/mol. The summed E-state index contributed by atoms with van der Waals surface area (Å²) in [5, 5.41) is 10.8. The van der Waals surface area contributed by atoms with Crippen LogP contribution in [-0.2, 0) is 19.1 Å². The highest BCUT2D eigenvalue weighted by Gasteiger charge is 2.74. The first-order chi connectivity index (χ1) is 17.7. The van der Waals surface area contributed by atoms with Gasteiger partial charge in [-0.1, -0.05) is 61.9 Å². The molecule has 2 fully saturated rings. The number of likely N-dealkylation sites (tertiary alicyclic amines) is 1. The second-order valence-electron chi connectivity index (χ2n) is 10.8. The number of hydrogen-bond donors (Lipinski definition) is 1. The van der Waals surface area contributed by atoms with Crippen molar-refractivity contribution in [2.75, 3.05) is 24.7 Å². The number of thioether (sulfide) groups is 1. The van der Waals surface area contributed by atoms with Gasteiger partial charge < -0.3 is 19.6 Å². The van der Waals surface area contributed by atoms with E-state index in [9.17, 15) is 19.5 Å². The molecule has 0 aromatic heterocycles. The number of hydrogen-bond acceptors (Lipinski definition) is 6. The third kappa shape index (κ3) is 4.03. The lowest BCUT2D eigenvalue weighted by atomic mass is 9.74. The van der Waals surface area contributed by atoms with Gasteiger partial charge in [0.2, 0.25) is 5.91 Å². The monoisotopic (exact) mass is 544 g/mol. The summed E-state index contributed by atoms with van der Waals surface area (Å²) in [7, 11) is 0. The van der Waals surface area contributed by atoms with Gasteiger partial charge in [0.25, 0.3) is 5.91 Å². The summed E-state index contributed by atoms with van der Waals surface area (Å²) in [6, 6.07) is 5.64. The first-order valence-electron chi connectivity index (χ1n) is 12.9. The second kappa shape index (κ2) is 9.79. The number of allylic oxidation sites excluding steroid dienone is 1. The highest BCUT2D eigenvalue weighted by molar-refractivity contribution is 8.02. The predicted molar refractivity (Wildman–Crippen MR) is 144 cm³/mol. The number of carbonyl (C=O) groups excluding carboxylic acids is 3. The number of halogens is 1. The number of aliphatic hydroxyl groups excluding tert-OH is 1. The zero-order chi connectivity index (χ0) is 26.5. The molecule has 0 bridgehead atoms. The van der Waals surface area contributed by atoms with Crippen molar-refractivity contribution in [3.63, 3.8) is 0 Å². The standard InChI is InChI=1S/C28H33ClN2O5S/c1-17(2)20(16-32)31-23-25(34)30(19-11-6-5-10-18(19)29)14-9-13-28(23)21(24(31)33)22-26(35)36-15-8-4-7-12-27(22,3)37-28/h5-7,9-13,17,20-23,32H,4,8,14-16H2,1-3H3/b12-7-/t20-,21-,22+,23?,27-,28-/m0/s1. The van der Waals surface area contributed by atoms with E-state index >= 15 is 0 Å². The Balaban J connectivity index is 1.70. The van der Waals surface area contributed by atoms with Crippen molar-refractivity contribution in [1.82, 2.24) is 4.90 Å². The Morgan fingerprint density at radius 2 is 1.89 bits per heavy atom. The molecule has 9 heteroatoms. The zero-order valence-electron chi connectivity index (χ0n) is 21.3. The Hall–Kier alpha value is -2.29. The number of anilines is 1. The maximum atomic E-state index is 14.5. The number of nitrogens with zero attached hydrogens (tertiary/aromatic N) is 2. The zero-order valence-corrected chi connectivity index (χ0v) is 22.9. The third-order valence-corrected chi connectivity index (χ3v) is 10.3. The molecule has 1 spiro atoms. The molecule has 0 aliphatic carbocycles. The molecule has 37 heavy (non-hydrogen) atoms. The fourth-order valence-corrected chi connectivity index (χ4v) is 8.82. The predicted octanol–water partition coefficient (Wildman–Crippen LogP) is 3.84. The van der Waals surface area contributed by atoms with E-state index in [-0.39, 0.29) is 30.9 Å². The van der Waals surface area contributed by atoms with Crippen LogP contribution in [0.15, 0.2) is 48.6 Å². The maximum Gasteiger partial charge on any atom is 0.311 e. The second-order valence-corrected chi connectivity index (χ2v) is 12.9. The van der Waals surface area contributed by atoms with Crippen LogP contribution in [0.25, 0.3) is 0 Å². The molecule has 7 nitrogen and oxygen atoms in total. The van der Waals surface area contributed by atoms with Gasteiger partial charge in [0, 0.05) is 11.3 Å². The summed E-state index contributed by atoms with van der Waals surface area (Å²) in [5.74, 6) is -2.64. The van der Waals surface area contributed by atoms with E-state index in [0.29, 0.717) is 17.3 Å². The molecule has 1 N–H and O–H groups in total. The summed E-state index contributed by atoms with van der Waals surface area (Å²) in [6.07, 6.45) is 9.44. The number of aliphatic hydroxyl groups is 1. The molecule has 1 unspecified atom stereocenters. The first kappa shape index (κ1) is 26.3. The van der Waals surface area contributed by atoms with Gasteiger partial charge in [-0.05, 0) is 37.8 Å². The van der Waals surface area contributed by atoms with Crippen LogP contribution in [0.2, 0.25) is 5.02 Å². The minimum atomic E-state index is -1.01. The topological polar surface area (TPSA) is 87.2 Å². The molecular weight excluding hydrogens is 512 g/mol. The maximum absolute atomic E-state index is 14.5. The van der Waals surface area contributed by atoms with Gasteiger partial charge >= 0.3 is 5.97 Å². The lowest BCUT2D eigenvalue weighted by molar-refractivity contribution is -0.154. The number of para-hydroxylation sites is 1. The van der Waals surface area contributed by atoms with Crippen molar-refractivity contribution in [1.29, 1.82) is 0 Å². The van der Waals surface area contributed by atoms with Crippen molar-refractivity contribution in [2.24, 2.45) is 17.8 Å².